The number of nitrogens with one attached hydrogen (secondary N) is 1. The van der Waals surface area contributed by atoms with Gasteiger partial charge in [-0.25, -0.2) is 0 Å². The van der Waals surface area contributed by atoms with Gasteiger partial charge in [0.2, 0.25) is 0 Å². The Kier molecular flexibility index (Phi) is 4.83. The Balaban J connectivity index is 1.51. The lowest BCUT2D eigenvalue weighted by molar-refractivity contribution is 0.0902. The molecule has 0 amide bonds. The number of ether oxygens (including phenoxy) is 2. The molecule has 1 heterocycles. The fourth-order valence-electron chi connectivity index (χ4n) is 2.19. The molecule has 21 heavy (non-hydrogen) atoms. The van der Waals surface area contributed by atoms with Crippen molar-refractivity contribution in [3.8, 4) is 11.5 Å². The summed E-state index contributed by atoms with van der Waals surface area (Å²) >= 11 is 6.98. The van der Waals surface area contributed by atoms with E-state index in [0.717, 1.165) is 33.5 Å². The van der Waals surface area contributed by atoms with Crippen LogP contribution in [0.25, 0.3) is 0 Å². The molecule has 110 valence electrons. The summed E-state index contributed by atoms with van der Waals surface area (Å²) in [5.41, 5.74) is 1.22. The third-order valence-corrected chi connectivity index (χ3v) is 5.13. The summed E-state index contributed by atoms with van der Waals surface area (Å²) in [5, 5.41) is 3.41. The highest BCUT2D eigenvalue weighted by Crippen LogP contribution is 2.30. The molecular weight excluding hydrogens is 398 g/mol. The quantitative estimate of drug-likeness (QED) is 0.818. The van der Waals surface area contributed by atoms with Crippen LogP contribution in [0.5, 0.6) is 11.5 Å². The molecule has 3 nitrogen and oxygen atoms in total. The van der Waals surface area contributed by atoms with Gasteiger partial charge in [-0.2, -0.15) is 0 Å². The molecule has 1 unspecified atom stereocenters. The van der Waals surface area contributed by atoms with Gasteiger partial charge in [0.05, 0.1) is 0 Å². The summed E-state index contributed by atoms with van der Waals surface area (Å²) in [5.74, 6) is 1.65. The van der Waals surface area contributed by atoms with Crippen molar-refractivity contribution >= 4 is 31.9 Å². The van der Waals surface area contributed by atoms with E-state index >= 15 is 0 Å². The third kappa shape index (κ3) is 3.78. The van der Waals surface area contributed by atoms with Crippen molar-refractivity contribution in [1.82, 2.24) is 5.32 Å². The zero-order valence-corrected chi connectivity index (χ0v) is 14.5. The molecular formula is C16H15Br2NO2. The SMILES string of the molecule is Brc1ccc(CNCC2COc3ccccc3O2)cc1Br. The minimum atomic E-state index is 0.0405. The Morgan fingerprint density at radius 3 is 2.67 bits per heavy atom. The highest BCUT2D eigenvalue weighted by atomic mass is 79.9. The summed E-state index contributed by atoms with van der Waals surface area (Å²) in [4.78, 5) is 0. The predicted molar refractivity (Wildman–Crippen MR) is 89.9 cm³/mol. The van der Waals surface area contributed by atoms with Gasteiger partial charge in [0, 0.05) is 22.0 Å². The largest absolute Gasteiger partial charge is 0.486 e. The van der Waals surface area contributed by atoms with Gasteiger partial charge in [-0.05, 0) is 61.7 Å². The monoisotopic (exact) mass is 411 g/mol. The maximum atomic E-state index is 5.91. The molecule has 0 bridgehead atoms. The van der Waals surface area contributed by atoms with Crippen LogP contribution in [0.15, 0.2) is 51.4 Å². The van der Waals surface area contributed by atoms with Gasteiger partial charge in [0.15, 0.2) is 11.5 Å². The van der Waals surface area contributed by atoms with E-state index in [-0.39, 0.29) is 6.10 Å². The smallest absolute Gasteiger partial charge is 0.161 e. The molecule has 0 aliphatic carbocycles. The topological polar surface area (TPSA) is 30.5 Å². The minimum Gasteiger partial charge on any atom is -0.486 e. The van der Waals surface area contributed by atoms with E-state index in [4.69, 9.17) is 9.47 Å². The molecule has 2 aromatic carbocycles. The molecule has 0 saturated heterocycles. The maximum Gasteiger partial charge on any atom is 0.161 e. The molecule has 0 fully saturated rings. The first-order valence-electron chi connectivity index (χ1n) is 6.75. The van der Waals surface area contributed by atoms with Gasteiger partial charge in [-0.3, -0.25) is 0 Å². The van der Waals surface area contributed by atoms with Gasteiger partial charge in [0.25, 0.3) is 0 Å². The van der Waals surface area contributed by atoms with Gasteiger partial charge in [-0.1, -0.05) is 18.2 Å². The summed E-state index contributed by atoms with van der Waals surface area (Å²) in [6.45, 7) is 2.13. The Morgan fingerprint density at radius 1 is 1.05 bits per heavy atom. The Morgan fingerprint density at radius 2 is 1.86 bits per heavy atom. The second-order valence-corrected chi connectivity index (χ2v) is 6.59. The highest BCUT2D eigenvalue weighted by Gasteiger charge is 2.19. The average molecular weight is 413 g/mol. The molecule has 0 spiro atoms. The fraction of sp³-hybridized carbons (Fsp3) is 0.250. The zero-order chi connectivity index (χ0) is 14.7. The van der Waals surface area contributed by atoms with Crippen LogP contribution in [-0.4, -0.2) is 19.3 Å². The number of para-hydroxylation sites is 2. The van der Waals surface area contributed by atoms with Crippen LogP contribution in [0.4, 0.5) is 0 Å². The number of benzene rings is 2. The van der Waals surface area contributed by atoms with Crippen LogP contribution in [0.3, 0.4) is 0 Å². The van der Waals surface area contributed by atoms with Crippen LogP contribution in [0.2, 0.25) is 0 Å². The van der Waals surface area contributed by atoms with E-state index in [2.05, 4.69) is 49.3 Å². The molecule has 0 aromatic heterocycles. The molecule has 1 N–H and O–H groups in total. The van der Waals surface area contributed by atoms with Gasteiger partial charge >= 0.3 is 0 Å². The average Bonchev–Trinajstić information content (AvgIpc) is 2.51. The van der Waals surface area contributed by atoms with Crippen molar-refractivity contribution in [3.05, 3.63) is 57.0 Å². The maximum absolute atomic E-state index is 5.91. The van der Waals surface area contributed by atoms with E-state index in [1.807, 2.05) is 30.3 Å². The summed E-state index contributed by atoms with van der Waals surface area (Å²) in [6.07, 6.45) is 0.0405. The Bertz CT molecular complexity index is 633. The van der Waals surface area contributed by atoms with Crippen molar-refractivity contribution in [2.45, 2.75) is 12.6 Å². The van der Waals surface area contributed by atoms with Gasteiger partial charge < -0.3 is 14.8 Å². The first kappa shape index (κ1) is 14.9. The summed E-state index contributed by atoms with van der Waals surface area (Å²) < 4.78 is 13.7. The lowest BCUT2D eigenvalue weighted by atomic mass is 10.2. The summed E-state index contributed by atoms with van der Waals surface area (Å²) in [7, 11) is 0. The molecule has 2 aromatic rings. The van der Waals surface area contributed by atoms with Crippen molar-refractivity contribution in [2.75, 3.05) is 13.2 Å². The number of rotatable bonds is 4. The minimum absolute atomic E-state index is 0.0405. The Hall–Kier alpha value is -1.04. The highest BCUT2D eigenvalue weighted by molar-refractivity contribution is 9.13. The van der Waals surface area contributed by atoms with E-state index < -0.39 is 0 Å². The standard InChI is InChI=1S/C16H15Br2NO2/c17-13-6-5-11(7-14(13)18)8-19-9-12-10-20-15-3-1-2-4-16(15)21-12/h1-7,12,19H,8-10H2. The molecule has 1 aliphatic rings. The molecule has 0 saturated carbocycles. The van der Waals surface area contributed by atoms with Crippen LogP contribution >= 0.6 is 31.9 Å². The van der Waals surface area contributed by atoms with Gasteiger partial charge in [0.1, 0.15) is 12.7 Å². The lowest BCUT2D eigenvalue weighted by Gasteiger charge is -2.26. The van der Waals surface area contributed by atoms with Gasteiger partial charge in [-0.15, -0.1) is 0 Å². The number of fused-ring (bicyclic) bond motifs is 1. The summed E-state index contributed by atoms with van der Waals surface area (Å²) in [6, 6.07) is 14.0. The third-order valence-electron chi connectivity index (χ3n) is 3.25. The van der Waals surface area contributed by atoms with Crippen molar-refractivity contribution < 1.29 is 9.47 Å². The van der Waals surface area contributed by atoms with Crippen LogP contribution < -0.4 is 14.8 Å². The molecule has 1 aliphatic heterocycles. The predicted octanol–water partition coefficient (Wildman–Crippen LogP) is 4.14. The van der Waals surface area contributed by atoms with Crippen LogP contribution in [0.1, 0.15) is 5.56 Å². The van der Waals surface area contributed by atoms with E-state index in [9.17, 15) is 0 Å². The van der Waals surface area contributed by atoms with E-state index in [0.29, 0.717) is 6.61 Å². The molecule has 0 radical (unpaired) electrons. The zero-order valence-electron chi connectivity index (χ0n) is 11.3. The Labute approximate surface area is 140 Å². The molecule has 3 rings (SSSR count). The van der Waals surface area contributed by atoms with E-state index in [1.165, 1.54) is 5.56 Å². The number of halogens is 2. The first-order chi connectivity index (χ1) is 10.2. The normalized spacial score (nSPS) is 16.8. The molecule has 5 heteroatoms. The molecule has 1 atom stereocenters. The number of hydrogen-bond donors (Lipinski definition) is 1. The second kappa shape index (κ2) is 6.81. The van der Waals surface area contributed by atoms with Crippen LogP contribution in [0, 0.1) is 0 Å². The van der Waals surface area contributed by atoms with E-state index in [1.54, 1.807) is 0 Å². The van der Waals surface area contributed by atoms with Crippen molar-refractivity contribution in [2.24, 2.45) is 0 Å². The van der Waals surface area contributed by atoms with Crippen molar-refractivity contribution in [3.63, 3.8) is 0 Å². The lowest BCUT2D eigenvalue weighted by Crippen LogP contribution is -2.38. The second-order valence-electron chi connectivity index (χ2n) is 4.88. The van der Waals surface area contributed by atoms with Crippen LogP contribution in [-0.2, 0) is 6.54 Å². The van der Waals surface area contributed by atoms with Crippen molar-refractivity contribution in [1.29, 1.82) is 0 Å². The fourth-order valence-corrected chi connectivity index (χ4v) is 2.86. The number of hydrogen-bond acceptors (Lipinski definition) is 3. The first-order valence-corrected chi connectivity index (χ1v) is 8.34.